The molecule has 1 aromatic heterocycles. The van der Waals surface area contributed by atoms with Gasteiger partial charge in [0.25, 0.3) is 0 Å². The quantitative estimate of drug-likeness (QED) is 0.792. The van der Waals surface area contributed by atoms with E-state index >= 15 is 0 Å². The summed E-state index contributed by atoms with van der Waals surface area (Å²) >= 11 is 5.89. The van der Waals surface area contributed by atoms with Crippen LogP contribution in [-0.4, -0.2) is 40.4 Å². The van der Waals surface area contributed by atoms with Crippen LogP contribution in [0.1, 0.15) is 17.9 Å². The maximum atomic E-state index is 11.2. The van der Waals surface area contributed by atoms with Crippen molar-refractivity contribution in [3.05, 3.63) is 22.7 Å². The summed E-state index contributed by atoms with van der Waals surface area (Å²) in [4.78, 5) is 21.9. The molecule has 92 valence electrons. The highest BCUT2D eigenvalue weighted by atomic mass is 35.5. The Balaban J connectivity index is 2.02. The van der Waals surface area contributed by atoms with Crippen molar-refractivity contribution in [1.82, 2.24) is 20.2 Å². The van der Waals surface area contributed by atoms with Crippen LogP contribution in [0.15, 0.2) is 6.07 Å². The minimum atomic E-state index is 0.107. The molecule has 0 spiro atoms. The first kappa shape index (κ1) is 12.3. The predicted molar refractivity (Wildman–Crippen MR) is 64.7 cm³/mol. The molecule has 2 heterocycles. The SMILES string of the molecule is Cc1cc(Cl)nc(CN2CCNC(=O)CC2)n1. The largest absolute Gasteiger partial charge is 0.355 e. The number of nitrogens with one attached hydrogen (secondary N) is 1. The lowest BCUT2D eigenvalue weighted by molar-refractivity contribution is -0.120. The summed E-state index contributed by atoms with van der Waals surface area (Å²) in [5.41, 5.74) is 0.865. The summed E-state index contributed by atoms with van der Waals surface area (Å²) in [6.45, 7) is 4.76. The van der Waals surface area contributed by atoms with Crippen molar-refractivity contribution in [3.8, 4) is 0 Å². The van der Waals surface area contributed by atoms with Gasteiger partial charge in [-0.15, -0.1) is 0 Å². The second kappa shape index (κ2) is 5.42. The van der Waals surface area contributed by atoms with E-state index < -0.39 is 0 Å². The second-order valence-electron chi connectivity index (χ2n) is 4.12. The molecule has 6 heteroatoms. The maximum absolute atomic E-state index is 11.2. The number of aromatic nitrogens is 2. The van der Waals surface area contributed by atoms with Crippen LogP contribution in [0.3, 0.4) is 0 Å². The first-order valence-corrected chi connectivity index (χ1v) is 6.00. The van der Waals surface area contributed by atoms with Gasteiger partial charge < -0.3 is 5.32 Å². The van der Waals surface area contributed by atoms with Gasteiger partial charge in [-0.2, -0.15) is 0 Å². The molecular weight excluding hydrogens is 240 g/mol. The Labute approximate surface area is 105 Å². The van der Waals surface area contributed by atoms with Gasteiger partial charge in [0.15, 0.2) is 0 Å². The Kier molecular flexibility index (Phi) is 3.91. The van der Waals surface area contributed by atoms with Gasteiger partial charge in [-0.1, -0.05) is 11.6 Å². The minimum Gasteiger partial charge on any atom is -0.355 e. The Bertz CT molecular complexity index is 404. The van der Waals surface area contributed by atoms with Crippen molar-refractivity contribution in [2.24, 2.45) is 0 Å². The number of hydrogen-bond donors (Lipinski definition) is 1. The van der Waals surface area contributed by atoms with Gasteiger partial charge in [-0.05, 0) is 13.0 Å². The lowest BCUT2D eigenvalue weighted by Gasteiger charge is -2.17. The van der Waals surface area contributed by atoms with Crippen LogP contribution in [0.25, 0.3) is 0 Å². The Morgan fingerprint density at radius 2 is 2.29 bits per heavy atom. The van der Waals surface area contributed by atoms with Crippen LogP contribution in [-0.2, 0) is 11.3 Å². The average molecular weight is 255 g/mol. The lowest BCUT2D eigenvalue weighted by Crippen LogP contribution is -2.29. The van der Waals surface area contributed by atoms with Gasteiger partial charge in [-0.3, -0.25) is 9.69 Å². The number of nitrogens with zero attached hydrogens (tertiary/aromatic N) is 3. The van der Waals surface area contributed by atoms with Crippen LogP contribution >= 0.6 is 11.6 Å². The molecule has 17 heavy (non-hydrogen) atoms. The van der Waals surface area contributed by atoms with E-state index in [0.29, 0.717) is 30.5 Å². The third-order valence-electron chi connectivity index (χ3n) is 2.64. The molecule has 1 saturated heterocycles. The second-order valence-corrected chi connectivity index (χ2v) is 4.51. The summed E-state index contributed by atoms with van der Waals surface area (Å²) in [5.74, 6) is 0.819. The lowest BCUT2D eigenvalue weighted by atomic mass is 10.3. The molecule has 0 aliphatic carbocycles. The highest BCUT2D eigenvalue weighted by Crippen LogP contribution is 2.09. The minimum absolute atomic E-state index is 0.107. The number of carbonyl (C=O) groups excluding carboxylic acids is 1. The van der Waals surface area contributed by atoms with Crippen molar-refractivity contribution in [2.75, 3.05) is 19.6 Å². The van der Waals surface area contributed by atoms with E-state index in [2.05, 4.69) is 20.2 Å². The molecule has 0 atom stereocenters. The van der Waals surface area contributed by atoms with Gasteiger partial charge in [0.05, 0.1) is 6.54 Å². The van der Waals surface area contributed by atoms with Crippen molar-refractivity contribution in [2.45, 2.75) is 19.9 Å². The van der Waals surface area contributed by atoms with Crippen molar-refractivity contribution in [1.29, 1.82) is 0 Å². The van der Waals surface area contributed by atoms with E-state index in [1.807, 2.05) is 6.92 Å². The molecule has 5 nitrogen and oxygen atoms in total. The van der Waals surface area contributed by atoms with Gasteiger partial charge in [0.2, 0.25) is 5.91 Å². The third-order valence-corrected chi connectivity index (χ3v) is 2.83. The first-order valence-electron chi connectivity index (χ1n) is 5.62. The zero-order chi connectivity index (χ0) is 12.3. The van der Waals surface area contributed by atoms with Gasteiger partial charge in [-0.25, -0.2) is 9.97 Å². The number of aryl methyl sites for hydroxylation is 1. The van der Waals surface area contributed by atoms with Gasteiger partial charge >= 0.3 is 0 Å². The third kappa shape index (κ3) is 3.64. The Morgan fingerprint density at radius 1 is 1.47 bits per heavy atom. The average Bonchev–Trinajstić information content (AvgIpc) is 2.42. The number of rotatable bonds is 2. The van der Waals surface area contributed by atoms with Crippen molar-refractivity contribution < 1.29 is 4.79 Å². The van der Waals surface area contributed by atoms with Crippen LogP contribution in [0.5, 0.6) is 0 Å². The van der Waals surface area contributed by atoms with E-state index in [4.69, 9.17) is 11.6 Å². The molecule has 1 aliphatic rings. The van der Waals surface area contributed by atoms with E-state index in [9.17, 15) is 4.79 Å². The van der Waals surface area contributed by atoms with Crippen LogP contribution in [0.4, 0.5) is 0 Å². The summed E-state index contributed by atoms with van der Waals surface area (Å²) in [5, 5.41) is 3.30. The molecular formula is C11H15ClN4O. The summed E-state index contributed by atoms with van der Waals surface area (Å²) in [6, 6.07) is 1.73. The van der Waals surface area contributed by atoms with Crippen molar-refractivity contribution >= 4 is 17.5 Å². The zero-order valence-corrected chi connectivity index (χ0v) is 10.5. The summed E-state index contributed by atoms with van der Waals surface area (Å²) < 4.78 is 0. The molecule has 0 aromatic carbocycles. The normalized spacial score (nSPS) is 17.6. The fraction of sp³-hybridized carbons (Fsp3) is 0.545. The van der Waals surface area contributed by atoms with Gasteiger partial charge in [0, 0.05) is 31.7 Å². The van der Waals surface area contributed by atoms with Crippen LogP contribution < -0.4 is 5.32 Å². The van der Waals surface area contributed by atoms with Crippen molar-refractivity contribution in [3.63, 3.8) is 0 Å². The predicted octanol–water partition coefficient (Wildman–Crippen LogP) is 0.760. The molecule has 0 unspecified atom stereocenters. The monoisotopic (exact) mass is 254 g/mol. The number of halogens is 1. The summed E-state index contributed by atoms with van der Waals surface area (Å²) in [7, 11) is 0. The first-order chi connectivity index (χ1) is 8.13. The molecule has 1 amide bonds. The smallest absolute Gasteiger partial charge is 0.221 e. The fourth-order valence-corrected chi connectivity index (χ4v) is 2.09. The molecule has 1 aliphatic heterocycles. The fourth-order valence-electron chi connectivity index (χ4n) is 1.83. The highest BCUT2D eigenvalue weighted by Gasteiger charge is 2.14. The van der Waals surface area contributed by atoms with Crippen LogP contribution in [0.2, 0.25) is 5.15 Å². The number of carbonyl (C=O) groups is 1. The molecule has 1 N–H and O–H groups in total. The maximum Gasteiger partial charge on any atom is 0.221 e. The van der Waals surface area contributed by atoms with E-state index in [0.717, 1.165) is 18.8 Å². The topological polar surface area (TPSA) is 58.1 Å². The highest BCUT2D eigenvalue weighted by molar-refractivity contribution is 6.29. The Hall–Kier alpha value is -1.20. The standard InChI is InChI=1S/C11H15ClN4O/c1-8-6-9(12)15-10(14-8)7-16-4-2-11(17)13-3-5-16/h6H,2-5,7H2,1H3,(H,13,17). The molecule has 0 saturated carbocycles. The number of amides is 1. The molecule has 1 aromatic rings. The van der Waals surface area contributed by atoms with E-state index in [1.54, 1.807) is 6.07 Å². The molecule has 1 fully saturated rings. The zero-order valence-electron chi connectivity index (χ0n) is 9.74. The number of hydrogen-bond acceptors (Lipinski definition) is 4. The molecule has 0 radical (unpaired) electrons. The Morgan fingerprint density at radius 3 is 3.06 bits per heavy atom. The molecule has 2 rings (SSSR count). The van der Waals surface area contributed by atoms with E-state index in [1.165, 1.54) is 0 Å². The van der Waals surface area contributed by atoms with Gasteiger partial charge in [0.1, 0.15) is 11.0 Å². The summed E-state index contributed by atoms with van der Waals surface area (Å²) in [6.07, 6.45) is 0.527. The van der Waals surface area contributed by atoms with Crippen LogP contribution in [0, 0.1) is 6.92 Å². The van der Waals surface area contributed by atoms with E-state index in [-0.39, 0.29) is 5.91 Å². The molecule has 0 bridgehead atoms.